The molecule has 0 saturated heterocycles. The average Bonchev–Trinajstić information content (AvgIpc) is 2.69. The van der Waals surface area contributed by atoms with Gasteiger partial charge in [-0.3, -0.25) is 0 Å². The van der Waals surface area contributed by atoms with E-state index in [0.29, 0.717) is 6.04 Å². The van der Waals surface area contributed by atoms with E-state index in [1.807, 2.05) is 0 Å². The summed E-state index contributed by atoms with van der Waals surface area (Å²) in [6.07, 6.45) is 6.12. The van der Waals surface area contributed by atoms with Crippen molar-refractivity contribution in [2.45, 2.75) is 58.9 Å². The second kappa shape index (κ2) is 7.80. The first-order chi connectivity index (χ1) is 7.76. The summed E-state index contributed by atoms with van der Waals surface area (Å²) in [7, 11) is 0. The van der Waals surface area contributed by atoms with Crippen LogP contribution in [0.1, 0.15) is 50.2 Å². The van der Waals surface area contributed by atoms with Crippen molar-refractivity contribution in [3.05, 3.63) is 16.1 Å². The zero-order valence-electron chi connectivity index (χ0n) is 10.8. The SMILES string of the molecule is CCCNC(CC)CCCc1nc(C)cs1. The molecule has 92 valence electrons. The highest BCUT2D eigenvalue weighted by atomic mass is 32.1. The van der Waals surface area contributed by atoms with Crippen LogP contribution < -0.4 is 5.32 Å². The number of rotatable bonds is 8. The van der Waals surface area contributed by atoms with Gasteiger partial charge >= 0.3 is 0 Å². The molecule has 0 aliphatic heterocycles. The number of aromatic nitrogens is 1. The highest BCUT2D eigenvalue weighted by molar-refractivity contribution is 7.09. The second-order valence-electron chi connectivity index (χ2n) is 4.33. The Morgan fingerprint density at radius 3 is 2.81 bits per heavy atom. The van der Waals surface area contributed by atoms with E-state index in [1.54, 1.807) is 11.3 Å². The molecule has 0 aliphatic rings. The quantitative estimate of drug-likeness (QED) is 0.751. The zero-order chi connectivity index (χ0) is 11.8. The summed E-state index contributed by atoms with van der Waals surface area (Å²) < 4.78 is 0. The van der Waals surface area contributed by atoms with Gasteiger partial charge in [0.15, 0.2) is 0 Å². The minimum absolute atomic E-state index is 0.695. The molecule has 1 unspecified atom stereocenters. The lowest BCUT2D eigenvalue weighted by Gasteiger charge is -2.15. The average molecular weight is 240 g/mol. The number of hydrogen-bond donors (Lipinski definition) is 1. The topological polar surface area (TPSA) is 24.9 Å². The molecular formula is C13H24N2S. The molecule has 2 nitrogen and oxygen atoms in total. The van der Waals surface area contributed by atoms with Gasteiger partial charge in [-0.1, -0.05) is 13.8 Å². The molecule has 0 fully saturated rings. The summed E-state index contributed by atoms with van der Waals surface area (Å²) in [5.41, 5.74) is 1.16. The monoisotopic (exact) mass is 240 g/mol. The highest BCUT2D eigenvalue weighted by Gasteiger charge is 2.05. The van der Waals surface area contributed by atoms with Gasteiger partial charge in [-0.25, -0.2) is 4.98 Å². The van der Waals surface area contributed by atoms with Crippen molar-refractivity contribution in [1.29, 1.82) is 0 Å². The number of nitrogens with one attached hydrogen (secondary N) is 1. The minimum Gasteiger partial charge on any atom is -0.314 e. The van der Waals surface area contributed by atoms with Gasteiger partial charge in [0.05, 0.1) is 5.01 Å². The summed E-state index contributed by atoms with van der Waals surface area (Å²) in [4.78, 5) is 4.49. The third kappa shape index (κ3) is 5.08. The Bertz CT molecular complexity index is 283. The maximum atomic E-state index is 4.49. The molecule has 1 N–H and O–H groups in total. The molecule has 1 aromatic heterocycles. The normalized spacial score (nSPS) is 12.9. The summed E-state index contributed by atoms with van der Waals surface area (Å²) in [5.74, 6) is 0. The van der Waals surface area contributed by atoms with Crippen LogP contribution in [-0.4, -0.2) is 17.6 Å². The molecule has 16 heavy (non-hydrogen) atoms. The van der Waals surface area contributed by atoms with Crippen LogP contribution in [0.25, 0.3) is 0 Å². The van der Waals surface area contributed by atoms with Gasteiger partial charge in [0.25, 0.3) is 0 Å². The van der Waals surface area contributed by atoms with Crippen molar-refractivity contribution < 1.29 is 0 Å². The standard InChI is InChI=1S/C13H24N2S/c1-4-9-14-12(5-2)7-6-8-13-15-11(3)10-16-13/h10,12,14H,4-9H2,1-3H3. The molecule has 0 saturated carbocycles. The Kier molecular flexibility index (Phi) is 6.65. The third-order valence-electron chi connectivity index (χ3n) is 2.79. The van der Waals surface area contributed by atoms with E-state index in [-0.39, 0.29) is 0 Å². The molecule has 0 radical (unpaired) electrons. The van der Waals surface area contributed by atoms with Gasteiger partial charge in [-0.05, 0) is 45.6 Å². The summed E-state index contributed by atoms with van der Waals surface area (Å²) >= 11 is 1.80. The smallest absolute Gasteiger partial charge is 0.0928 e. The van der Waals surface area contributed by atoms with Gasteiger partial charge < -0.3 is 5.32 Å². The second-order valence-corrected chi connectivity index (χ2v) is 5.28. The van der Waals surface area contributed by atoms with Crippen LogP contribution in [-0.2, 0) is 6.42 Å². The molecule has 3 heteroatoms. The van der Waals surface area contributed by atoms with Gasteiger partial charge in [0.2, 0.25) is 0 Å². The Hall–Kier alpha value is -0.410. The van der Waals surface area contributed by atoms with E-state index in [4.69, 9.17) is 0 Å². The lowest BCUT2D eigenvalue weighted by Crippen LogP contribution is -2.29. The Labute approximate surface area is 103 Å². The van der Waals surface area contributed by atoms with Crippen LogP contribution in [0.4, 0.5) is 0 Å². The fourth-order valence-corrected chi connectivity index (χ4v) is 2.63. The zero-order valence-corrected chi connectivity index (χ0v) is 11.6. The molecule has 1 atom stereocenters. The van der Waals surface area contributed by atoms with Crippen LogP contribution in [0.2, 0.25) is 0 Å². The lowest BCUT2D eigenvalue weighted by atomic mass is 10.1. The Balaban J connectivity index is 2.17. The largest absolute Gasteiger partial charge is 0.314 e. The van der Waals surface area contributed by atoms with Gasteiger partial charge in [-0.15, -0.1) is 11.3 Å². The molecule has 0 amide bonds. The molecular weight excluding hydrogens is 216 g/mol. The van der Waals surface area contributed by atoms with E-state index >= 15 is 0 Å². The van der Waals surface area contributed by atoms with E-state index in [0.717, 1.165) is 18.7 Å². The summed E-state index contributed by atoms with van der Waals surface area (Å²) in [6.45, 7) is 7.70. The molecule has 0 spiro atoms. The van der Waals surface area contributed by atoms with Crippen LogP contribution >= 0.6 is 11.3 Å². The molecule has 1 rings (SSSR count). The molecule has 0 aromatic carbocycles. The van der Waals surface area contributed by atoms with E-state index in [1.165, 1.54) is 30.7 Å². The number of hydrogen-bond acceptors (Lipinski definition) is 3. The van der Waals surface area contributed by atoms with Gasteiger partial charge in [0.1, 0.15) is 0 Å². The first-order valence-electron chi connectivity index (χ1n) is 6.40. The van der Waals surface area contributed by atoms with Crippen molar-refractivity contribution in [3.63, 3.8) is 0 Å². The predicted octanol–water partition coefficient (Wildman–Crippen LogP) is 3.55. The van der Waals surface area contributed by atoms with E-state index < -0.39 is 0 Å². The van der Waals surface area contributed by atoms with Gasteiger partial charge in [-0.2, -0.15) is 0 Å². The predicted molar refractivity (Wildman–Crippen MR) is 72.2 cm³/mol. The summed E-state index contributed by atoms with van der Waals surface area (Å²) in [6, 6.07) is 0.695. The van der Waals surface area contributed by atoms with Crippen molar-refractivity contribution in [1.82, 2.24) is 10.3 Å². The third-order valence-corrected chi connectivity index (χ3v) is 3.81. The molecule has 0 bridgehead atoms. The molecule has 0 aliphatic carbocycles. The molecule has 1 heterocycles. The fourth-order valence-electron chi connectivity index (χ4n) is 1.82. The van der Waals surface area contributed by atoms with Crippen LogP contribution in [0.3, 0.4) is 0 Å². The Morgan fingerprint density at radius 2 is 2.25 bits per heavy atom. The minimum atomic E-state index is 0.695. The Morgan fingerprint density at radius 1 is 1.44 bits per heavy atom. The van der Waals surface area contributed by atoms with Crippen LogP contribution in [0.15, 0.2) is 5.38 Å². The number of aryl methyl sites for hydroxylation is 2. The van der Waals surface area contributed by atoms with E-state index in [2.05, 4.69) is 36.5 Å². The number of thiazole rings is 1. The van der Waals surface area contributed by atoms with Gasteiger partial charge in [0, 0.05) is 17.1 Å². The lowest BCUT2D eigenvalue weighted by molar-refractivity contribution is 0.455. The van der Waals surface area contributed by atoms with Crippen LogP contribution in [0, 0.1) is 6.92 Å². The maximum Gasteiger partial charge on any atom is 0.0928 e. The first kappa shape index (κ1) is 13.7. The van der Waals surface area contributed by atoms with E-state index in [9.17, 15) is 0 Å². The first-order valence-corrected chi connectivity index (χ1v) is 7.28. The summed E-state index contributed by atoms with van der Waals surface area (Å²) in [5, 5.41) is 7.03. The molecule has 1 aromatic rings. The van der Waals surface area contributed by atoms with Crippen molar-refractivity contribution in [3.8, 4) is 0 Å². The number of nitrogens with zero attached hydrogens (tertiary/aromatic N) is 1. The van der Waals surface area contributed by atoms with Crippen molar-refractivity contribution in [2.75, 3.05) is 6.54 Å². The van der Waals surface area contributed by atoms with Crippen molar-refractivity contribution >= 4 is 11.3 Å². The highest BCUT2D eigenvalue weighted by Crippen LogP contribution is 2.13. The van der Waals surface area contributed by atoms with Crippen molar-refractivity contribution in [2.24, 2.45) is 0 Å². The fraction of sp³-hybridized carbons (Fsp3) is 0.769. The maximum absolute atomic E-state index is 4.49. The van der Waals surface area contributed by atoms with Crippen LogP contribution in [0.5, 0.6) is 0 Å².